The third-order valence-corrected chi connectivity index (χ3v) is 6.29. The second-order valence-corrected chi connectivity index (χ2v) is 8.64. The highest BCUT2D eigenvalue weighted by Gasteiger charge is 2.17. The summed E-state index contributed by atoms with van der Waals surface area (Å²) in [6.45, 7) is 0. The summed E-state index contributed by atoms with van der Waals surface area (Å²) in [5.41, 5.74) is 1.98. The largest absolute Gasteiger partial charge is 0.494 e. The molecule has 170 valence electrons. The molecule has 0 atom stereocenters. The minimum atomic E-state index is -3.93. The molecule has 10 nitrogen and oxygen atoms in total. The highest BCUT2D eigenvalue weighted by atomic mass is 32.2. The van der Waals surface area contributed by atoms with Crippen LogP contribution in [0.1, 0.15) is 5.56 Å². The number of methoxy groups -OCH3 is 2. The van der Waals surface area contributed by atoms with Gasteiger partial charge in [0.05, 0.1) is 35.9 Å². The number of nitrogens with one attached hydrogen (secondary N) is 1. The van der Waals surface area contributed by atoms with Crippen molar-refractivity contribution < 1.29 is 23.0 Å². The maximum Gasteiger partial charge on any atom is 0.321 e. The van der Waals surface area contributed by atoms with Crippen LogP contribution < -0.4 is 14.2 Å². The van der Waals surface area contributed by atoms with E-state index in [1.165, 1.54) is 32.4 Å². The van der Waals surface area contributed by atoms with Gasteiger partial charge in [-0.15, -0.1) is 0 Å². The fourth-order valence-electron chi connectivity index (χ4n) is 3.24. The van der Waals surface area contributed by atoms with Crippen LogP contribution in [-0.2, 0) is 17.1 Å². The van der Waals surface area contributed by atoms with Gasteiger partial charge in [0.25, 0.3) is 10.0 Å². The number of ether oxygens (including phenoxy) is 2. The maximum atomic E-state index is 12.8. The number of hydrogen-bond donors (Lipinski definition) is 2. The van der Waals surface area contributed by atoms with E-state index in [-0.39, 0.29) is 28.5 Å². The van der Waals surface area contributed by atoms with Gasteiger partial charge >= 0.3 is 6.01 Å². The Morgan fingerprint density at radius 1 is 1.06 bits per heavy atom. The predicted octanol–water partition coefficient (Wildman–Crippen LogP) is 3.24. The Kier molecular flexibility index (Phi) is 5.88. The second kappa shape index (κ2) is 8.79. The van der Waals surface area contributed by atoms with E-state index in [1.807, 2.05) is 24.3 Å². The van der Waals surface area contributed by atoms with Gasteiger partial charge in [0.1, 0.15) is 0 Å². The quantitative estimate of drug-likeness (QED) is 0.399. The van der Waals surface area contributed by atoms with Crippen LogP contribution in [-0.4, -0.2) is 48.5 Å². The molecule has 11 heteroatoms. The molecule has 2 aromatic heterocycles. The minimum absolute atomic E-state index is 0.00669. The van der Waals surface area contributed by atoms with Gasteiger partial charge in [-0.3, -0.25) is 9.71 Å². The lowest BCUT2D eigenvalue weighted by Gasteiger charge is -2.09. The third kappa shape index (κ3) is 4.44. The average molecular weight is 468 g/mol. The number of aliphatic imine (C=N–C) groups is 1. The van der Waals surface area contributed by atoms with Crippen LogP contribution in [0.3, 0.4) is 0 Å². The SMILES string of the molecule is COc1cc(NS(=O)(=O)c2ccc(N=Cc3c(O)n(C)c4ccccc34)cc2)nc(OC)n1. The van der Waals surface area contributed by atoms with Crippen molar-refractivity contribution in [3.63, 3.8) is 0 Å². The van der Waals surface area contributed by atoms with Crippen LogP contribution in [0.5, 0.6) is 17.8 Å². The van der Waals surface area contributed by atoms with E-state index in [0.717, 1.165) is 10.9 Å². The molecule has 33 heavy (non-hydrogen) atoms. The van der Waals surface area contributed by atoms with Crippen LogP contribution in [0, 0.1) is 0 Å². The fraction of sp³-hybridized carbons (Fsp3) is 0.136. The van der Waals surface area contributed by atoms with Crippen molar-refractivity contribution in [2.24, 2.45) is 12.0 Å². The molecule has 2 aromatic carbocycles. The van der Waals surface area contributed by atoms with Gasteiger partial charge in [-0.25, -0.2) is 8.42 Å². The Balaban J connectivity index is 1.57. The number of aryl methyl sites for hydroxylation is 1. The Bertz CT molecular complexity index is 1420. The number of aromatic nitrogens is 3. The molecule has 2 heterocycles. The molecule has 0 bridgehead atoms. The molecule has 0 aliphatic heterocycles. The lowest BCUT2D eigenvalue weighted by molar-refractivity contribution is 0.353. The molecule has 4 aromatic rings. The molecule has 0 radical (unpaired) electrons. The van der Waals surface area contributed by atoms with Gasteiger partial charge < -0.3 is 19.1 Å². The molecule has 0 aliphatic rings. The van der Waals surface area contributed by atoms with Crippen molar-refractivity contribution in [1.29, 1.82) is 0 Å². The molecular weight excluding hydrogens is 446 g/mol. The van der Waals surface area contributed by atoms with Crippen molar-refractivity contribution in [3.05, 3.63) is 60.2 Å². The first-order chi connectivity index (χ1) is 15.8. The second-order valence-electron chi connectivity index (χ2n) is 6.95. The first kappa shape index (κ1) is 22.1. The monoisotopic (exact) mass is 467 g/mol. The summed E-state index contributed by atoms with van der Waals surface area (Å²) >= 11 is 0. The number of rotatable bonds is 7. The Labute approximate surface area is 190 Å². The number of fused-ring (bicyclic) bond motifs is 1. The summed E-state index contributed by atoms with van der Waals surface area (Å²) in [5.74, 6) is 0.257. The van der Waals surface area contributed by atoms with Gasteiger partial charge in [-0.2, -0.15) is 9.97 Å². The van der Waals surface area contributed by atoms with Crippen LogP contribution >= 0.6 is 0 Å². The van der Waals surface area contributed by atoms with Crippen LogP contribution in [0.4, 0.5) is 11.5 Å². The molecule has 0 saturated heterocycles. The molecule has 0 amide bonds. The standard InChI is InChI=1S/C22H21N5O5S/c1-27-18-7-5-4-6-16(18)17(21(27)28)13-23-14-8-10-15(11-9-14)33(29,30)26-19-12-20(31-2)25-22(24-19)32-3/h4-13,28H,1-3H3,(H,24,25,26). The number of hydrogen-bond acceptors (Lipinski definition) is 8. The van der Waals surface area contributed by atoms with Gasteiger partial charge in [-0.05, 0) is 30.3 Å². The van der Waals surface area contributed by atoms with E-state index >= 15 is 0 Å². The highest BCUT2D eigenvalue weighted by Crippen LogP contribution is 2.29. The first-order valence-electron chi connectivity index (χ1n) is 9.73. The van der Waals surface area contributed by atoms with E-state index < -0.39 is 10.0 Å². The number of para-hydroxylation sites is 1. The van der Waals surface area contributed by atoms with Gasteiger partial charge in [0, 0.05) is 24.7 Å². The number of anilines is 1. The molecule has 0 fully saturated rings. The summed E-state index contributed by atoms with van der Waals surface area (Å²) in [6, 6.07) is 14.9. The van der Waals surface area contributed by atoms with E-state index in [2.05, 4.69) is 19.7 Å². The summed E-state index contributed by atoms with van der Waals surface area (Å²) in [6.07, 6.45) is 1.55. The summed E-state index contributed by atoms with van der Waals surface area (Å²) in [4.78, 5) is 12.3. The Morgan fingerprint density at radius 2 is 1.79 bits per heavy atom. The summed E-state index contributed by atoms with van der Waals surface area (Å²) < 4.78 is 39.6. The minimum Gasteiger partial charge on any atom is -0.494 e. The Morgan fingerprint density at radius 3 is 2.48 bits per heavy atom. The van der Waals surface area contributed by atoms with E-state index in [4.69, 9.17) is 9.47 Å². The molecule has 0 spiro atoms. The number of aromatic hydroxyl groups is 1. The lowest BCUT2D eigenvalue weighted by Crippen LogP contribution is -2.14. The summed E-state index contributed by atoms with van der Waals surface area (Å²) in [7, 11) is 0.608. The molecule has 2 N–H and O–H groups in total. The number of sulfonamides is 1. The van der Waals surface area contributed by atoms with E-state index in [0.29, 0.717) is 11.3 Å². The zero-order valence-electron chi connectivity index (χ0n) is 18.1. The third-order valence-electron chi connectivity index (χ3n) is 4.92. The van der Waals surface area contributed by atoms with Gasteiger partial charge in [0.15, 0.2) is 5.82 Å². The predicted molar refractivity (Wildman–Crippen MR) is 124 cm³/mol. The van der Waals surface area contributed by atoms with Crippen molar-refractivity contribution in [1.82, 2.24) is 14.5 Å². The molecule has 0 saturated carbocycles. The summed E-state index contributed by atoms with van der Waals surface area (Å²) in [5, 5.41) is 11.3. The molecule has 0 aliphatic carbocycles. The Hall–Kier alpha value is -4.12. The maximum absolute atomic E-state index is 12.8. The fourth-order valence-corrected chi connectivity index (χ4v) is 4.23. The number of benzene rings is 2. The first-order valence-corrected chi connectivity index (χ1v) is 11.2. The topological polar surface area (TPSA) is 128 Å². The van der Waals surface area contributed by atoms with Crippen molar-refractivity contribution in [2.75, 3.05) is 18.9 Å². The van der Waals surface area contributed by atoms with Crippen molar-refractivity contribution in [2.45, 2.75) is 4.90 Å². The smallest absolute Gasteiger partial charge is 0.321 e. The van der Waals surface area contributed by atoms with E-state index in [1.54, 1.807) is 30.0 Å². The van der Waals surface area contributed by atoms with Crippen molar-refractivity contribution in [3.8, 4) is 17.8 Å². The molecule has 0 unspecified atom stereocenters. The zero-order valence-corrected chi connectivity index (χ0v) is 18.9. The molecule has 4 rings (SSSR count). The molecular formula is C22H21N5O5S. The van der Waals surface area contributed by atoms with Crippen LogP contribution in [0.2, 0.25) is 0 Å². The van der Waals surface area contributed by atoms with Crippen LogP contribution in [0.25, 0.3) is 10.9 Å². The number of nitrogens with zero attached hydrogens (tertiary/aromatic N) is 4. The van der Waals surface area contributed by atoms with Gasteiger partial charge in [-0.1, -0.05) is 18.2 Å². The van der Waals surface area contributed by atoms with Crippen molar-refractivity contribution >= 4 is 38.6 Å². The average Bonchev–Trinajstić information content (AvgIpc) is 3.07. The zero-order chi connectivity index (χ0) is 23.6. The van der Waals surface area contributed by atoms with Crippen LogP contribution in [0.15, 0.2) is 64.5 Å². The van der Waals surface area contributed by atoms with Gasteiger partial charge in [0.2, 0.25) is 11.8 Å². The van der Waals surface area contributed by atoms with E-state index in [9.17, 15) is 13.5 Å². The lowest BCUT2D eigenvalue weighted by atomic mass is 10.2. The normalized spacial score (nSPS) is 11.7. The highest BCUT2D eigenvalue weighted by molar-refractivity contribution is 7.92.